The van der Waals surface area contributed by atoms with Crippen molar-refractivity contribution in [3.8, 4) is 0 Å². The van der Waals surface area contributed by atoms with Gasteiger partial charge in [0, 0.05) is 18.3 Å². The molecule has 1 heterocycles. The lowest BCUT2D eigenvalue weighted by Gasteiger charge is -2.14. The Kier molecular flexibility index (Phi) is 2.72. The van der Waals surface area contributed by atoms with Gasteiger partial charge in [-0.05, 0) is 24.1 Å². The number of fused-ring (bicyclic) bond motifs is 1. The van der Waals surface area contributed by atoms with Gasteiger partial charge in [0.1, 0.15) is 0 Å². The highest BCUT2D eigenvalue weighted by atomic mass is 16.4. The predicted octanol–water partition coefficient (Wildman–Crippen LogP) is -0.118. The van der Waals surface area contributed by atoms with Crippen LogP contribution < -0.4 is 10.0 Å². The molecule has 1 aromatic carbocycles. The highest BCUT2D eigenvalue weighted by molar-refractivity contribution is 6.05. The number of para-hydroxylation sites is 1. The minimum absolute atomic E-state index is 0.325. The molecular formula is C12H10NO3-. The lowest BCUT2D eigenvalue weighted by molar-refractivity contribution is -0.297. The molecule has 0 atom stereocenters. The zero-order valence-electron chi connectivity index (χ0n) is 8.55. The Bertz CT molecular complexity index is 465. The summed E-state index contributed by atoms with van der Waals surface area (Å²) >= 11 is 0. The third-order valence-electron chi connectivity index (χ3n) is 2.52. The fraction of sp³-hybridized carbons (Fsp3) is 0.167. The molecule has 0 unspecified atom stereocenters. The number of benzene rings is 1. The quantitative estimate of drug-likeness (QED) is 0.647. The molecule has 0 saturated heterocycles. The average Bonchev–Trinajstić information content (AvgIpc) is 2.69. The second-order valence-corrected chi connectivity index (χ2v) is 3.52. The molecule has 2 rings (SSSR count). The molecule has 0 N–H and O–H groups in total. The molecule has 1 amide bonds. The molecule has 0 bridgehead atoms. The standard InChI is InChI=1S/C12H11NO3/c14-11(5-6-12(15)16)13-8-7-9-3-1-2-4-10(9)13/h1-6H,7-8H2,(H,15,16)/p-1/b6-5+. The number of carboxylic acids is 1. The Hall–Kier alpha value is -2.10. The van der Waals surface area contributed by atoms with Crippen molar-refractivity contribution < 1.29 is 14.7 Å². The SMILES string of the molecule is O=C([O-])/C=C/C(=O)N1CCc2ccccc21. The molecule has 16 heavy (non-hydrogen) atoms. The van der Waals surface area contributed by atoms with Crippen molar-refractivity contribution in [1.29, 1.82) is 0 Å². The molecule has 1 aliphatic rings. The van der Waals surface area contributed by atoms with Crippen LogP contribution in [-0.2, 0) is 16.0 Å². The van der Waals surface area contributed by atoms with Crippen LogP contribution in [0.3, 0.4) is 0 Å². The lowest BCUT2D eigenvalue weighted by Crippen LogP contribution is -2.28. The van der Waals surface area contributed by atoms with Crippen LogP contribution in [0.1, 0.15) is 5.56 Å². The first kappa shape index (κ1) is 10.4. The topological polar surface area (TPSA) is 60.4 Å². The summed E-state index contributed by atoms with van der Waals surface area (Å²) < 4.78 is 0. The van der Waals surface area contributed by atoms with E-state index in [0.29, 0.717) is 6.54 Å². The van der Waals surface area contributed by atoms with Crippen LogP contribution in [0.15, 0.2) is 36.4 Å². The van der Waals surface area contributed by atoms with E-state index in [4.69, 9.17) is 0 Å². The molecular weight excluding hydrogens is 206 g/mol. The van der Waals surface area contributed by atoms with Crippen LogP contribution in [0.25, 0.3) is 0 Å². The Morgan fingerprint density at radius 2 is 2.00 bits per heavy atom. The summed E-state index contributed by atoms with van der Waals surface area (Å²) in [5.74, 6) is -1.69. The number of rotatable bonds is 2. The first-order valence-electron chi connectivity index (χ1n) is 4.97. The van der Waals surface area contributed by atoms with Gasteiger partial charge in [-0.1, -0.05) is 18.2 Å². The maximum atomic E-state index is 11.7. The van der Waals surface area contributed by atoms with Crippen molar-refractivity contribution >= 4 is 17.6 Å². The molecule has 0 spiro atoms. The first-order chi connectivity index (χ1) is 7.68. The second kappa shape index (κ2) is 4.18. The molecule has 0 aliphatic carbocycles. The molecule has 4 heteroatoms. The normalized spacial score (nSPS) is 14.1. The largest absolute Gasteiger partial charge is 0.545 e. The lowest BCUT2D eigenvalue weighted by atomic mass is 10.2. The monoisotopic (exact) mass is 216 g/mol. The number of nitrogens with zero attached hydrogens (tertiary/aromatic N) is 1. The van der Waals surface area contributed by atoms with Crippen LogP contribution in [0.4, 0.5) is 5.69 Å². The molecule has 1 aromatic rings. The van der Waals surface area contributed by atoms with E-state index in [9.17, 15) is 14.7 Å². The fourth-order valence-electron chi connectivity index (χ4n) is 1.80. The predicted molar refractivity (Wildman–Crippen MR) is 56.6 cm³/mol. The van der Waals surface area contributed by atoms with Crippen molar-refractivity contribution in [3.63, 3.8) is 0 Å². The molecule has 0 saturated carbocycles. The van der Waals surface area contributed by atoms with E-state index in [1.165, 1.54) is 0 Å². The molecule has 0 radical (unpaired) electrons. The van der Waals surface area contributed by atoms with Crippen molar-refractivity contribution in [2.75, 3.05) is 11.4 Å². The Labute approximate surface area is 92.8 Å². The summed E-state index contributed by atoms with van der Waals surface area (Å²) in [6.07, 6.45) is 2.59. The van der Waals surface area contributed by atoms with Crippen molar-refractivity contribution in [1.82, 2.24) is 0 Å². The Morgan fingerprint density at radius 3 is 2.75 bits per heavy atom. The number of carboxylic acid groups (broad SMARTS) is 1. The molecule has 0 aromatic heterocycles. The minimum atomic E-state index is -1.36. The zero-order chi connectivity index (χ0) is 11.5. The van der Waals surface area contributed by atoms with Crippen molar-refractivity contribution in [3.05, 3.63) is 42.0 Å². The second-order valence-electron chi connectivity index (χ2n) is 3.52. The molecule has 0 fully saturated rings. The Balaban J connectivity index is 2.19. The maximum absolute atomic E-state index is 11.7. The van der Waals surface area contributed by atoms with E-state index >= 15 is 0 Å². The number of hydrogen-bond acceptors (Lipinski definition) is 3. The summed E-state index contributed by atoms with van der Waals surface area (Å²) in [6, 6.07) is 7.59. The fourth-order valence-corrected chi connectivity index (χ4v) is 1.80. The van der Waals surface area contributed by atoms with Gasteiger partial charge in [-0.25, -0.2) is 0 Å². The first-order valence-corrected chi connectivity index (χ1v) is 4.97. The maximum Gasteiger partial charge on any atom is 0.251 e. The number of aliphatic carboxylic acids is 1. The van der Waals surface area contributed by atoms with Gasteiger partial charge in [0.05, 0.1) is 5.97 Å². The third kappa shape index (κ3) is 1.95. The third-order valence-corrected chi connectivity index (χ3v) is 2.52. The zero-order valence-corrected chi connectivity index (χ0v) is 8.55. The van der Waals surface area contributed by atoms with Crippen LogP contribution in [0.5, 0.6) is 0 Å². The molecule has 1 aliphatic heterocycles. The van der Waals surface area contributed by atoms with Gasteiger partial charge in [0.2, 0.25) is 0 Å². The highest BCUT2D eigenvalue weighted by Gasteiger charge is 2.21. The summed E-state index contributed by atoms with van der Waals surface area (Å²) in [5.41, 5.74) is 1.97. The number of carbonyl (C=O) groups excluding carboxylic acids is 2. The summed E-state index contributed by atoms with van der Waals surface area (Å²) in [7, 11) is 0. The van der Waals surface area contributed by atoms with Gasteiger partial charge in [0.15, 0.2) is 0 Å². The number of carbonyl (C=O) groups is 2. The van der Waals surface area contributed by atoms with E-state index in [-0.39, 0.29) is 5.91 Å². The van der Waals surface area contributed by atoms with E-state index < -0.39 is 5.97 Å². The average molecular weight is 216 g/mol. The Morgan fingerprint density at radius 1 is 1.25 bits per heavy atom. The van der Waals surface area contributed by atoms with Crippen molar-refractivity contribution in [2.45, 2.75) is 6.42 Å². The number of anilines is 1. The van der Waals surface area contributed by atoms with Gasteiger partial charge in [0.25, 0.3) is 5.91 Å². The van der Waals surface area contributed by atoms with Gasteiger partial charge in [-0.3, -0.25) is 4.79 Å². The van der Waals surface area contributed by atoms with Crippen LogP contribution in [0.2, 0.25) is 0 Å². The van der Waals surface area contributed by atoms with Gasteiger partial charge < -0.3 is 14.8 Å². The number of hydrogen-bond donors (Lipinski definition) is 0. The van der Waals surface area contributed by atoms with Crippen LogP contribution in [-0.4, -0.2) is 18.4 Å². The van der Waals surface area contributed by atoms with E-state index in [1.807, 2.05) is 24.3 Å². The van der Waals surface area contributed by atoms with Crippen LogP contribution in [0, 0.1) is 0 Å². The van der Waals surface area contributed by atoms with Gasteiger partial charge >= 0.3 is 0 Å². The number of amides is 1. The molecule has 4 nitrogen and oxygen atoms in total. The summed E-state index contributed by atoms with van der Waals surface area (Å²) in [5, 5.41) is 10.2. The van der Waals surface area contributed by atoms with E-state index in [2.05, 4.69) is 0 Å². The smallest absolute Gasteiger partial charge is 0.251 e. The van der Waals surface area contributed by atoms with E-state index in [0.717, 1.165) is 29.8 Å². The van der Waals surface area contributed by atoms with Gasteiger partial charge in [-0.2, -0.15) is 0 Å². The molecule has 82 valence electrons. The van der Waals surface area contributed by atoms with Crippen molar-refractivity contribution in [2.24, 2.45) is 0 Å². The summed E-state index contributed by atoms with van der Waals surface area (Å²) in [4.78, 5) is 23.4. The highest BCUT2D eigenvalue weighted by Crippen LogP contribution is 2.27. The van der Waals surface area contributed by atoms with Gasteiger partial charge in [-0.15, -0.1) is 0 Å². The van der Waals surface area contributed by atoms with E-state index in [1.54, 1.807) is 4.90 Å². The summed E-state index contributed by atoms with van der Waals surface area (Å²) in [6.45, 7) is 0.593. The minimum Gasteiger partial charge on any atom is -0.545 e. The van der Waals surface area contributed by atoms with Crippen LogP contribution >= 0.6 is 0 Å².